The topological polar surface area (TPSA) is 104 Å². The van der Waals surface area contributed by atoms with Gasteiger partial charge in [-0.2, -0.15) is 0 Å². The summed E-state index contributed by atoms with van der Waals surface area (Å²) in [5, 5.41) is 0.700. The van der Waals surface area contributed by atoms with E-state index < -0.39 is 11.3 Å². The van der Waals surface area contributed by atoms with E-state index in [-0.39, 0.29) is 0 Å². The molecule has 2 aliphatic carbocycles. The molecule has 0 fully saturated rings. The SMILES string of the molecule is NC1(N)C=CC(=C2C=CC(N)(N)C(Cl)=C2)C=C1Cl. The lowest BCUT2D eigenvalue weighted by Gasteiger charge is -2.26. The average molecular weight is 285 g/mol. The minimum atomic E-state index is -1.12. The molecule has 0 bridgehead atoms. The Labute approximate surface area is 115 Å². The molecule has 0 heterocycles. The number of rotatable bonds is 0. The van der Waals surface area contributed by atoms with Crippen LogP contribution in [-0.2, 0) is 0 Å². The van der Waals surface area contributed by atoms with Crippen LogP contribution in [0.2, 0.25) is 0 Å². The van der Waals surface area contributed by atoms with E-state index in [1.807, 2.05) is 0 Å². The Balaban J connectivity index is 2.43. The summed E-state index contributed by atoms with van der Waals surface area (Å²) >= 11 is 12.0. The fourth-order valence-corrected chi connectivity index (χ4v) is 1.95. The highest BCUT2D eigenvalue weighted by Gasteiger charge is 2.26. The maximum Gasteiger partial charge on any atom is 0.120 e. The Kier molecular flexibility index (Phi) is 3.27. The molecule has 2 aliphatic rings. The van der Waals surface area contributed by atoms with E-state index in [1.54, 1.807) is 36.5 Å². The van der Waals surface area contributed by atoms with Gasteiger partial charge in [0.15, 0.2) is 0 Å². The van der Waals surface area contributed by atoms with Gasteiger partial charge in [0.05, 0.1) is 10.1 Å². The molecule has 0 saturated carbocycles. The molecule has 0 aromatic rings. The second-order valence-electron chi connectivity index (χ2n) is 4.43. The number of halogens is 2. The Hall–Kier alpha value is -0.880. The molecule has 4 nitrogen and oxygen atoms in total. The van der Waals surface area contributed by atoms with Gasteiger partial charge >= 0.3 is 0 Å². The van der Waals surface area contributed by atoms with Crippen LogP contribution in [0.3, 0.4) is 0 Å². The van der Waals surface area contributed by atoms with Crippen LogP contribution in [0, 0.1) is 0 Å². The largest absolute Gasteiger partial charge is 0.306 e. The molecule has 0 saturated heterocycles. The third-order valence-electron chi connectivity index (χ3n) is 2.80. The van der Waals surface area contributed by atoms with Gasteiger partial charge in [0.1, 0.15) is 11.3 Å². The molecule has 0 aromatic heterocycles. The third-order valence-corrected chi connectivity index (χ3v) is 3.68. The lowest BCUT2D eigenvalue weighted by molar-refractivity contribution is 0.670. The monoisotopic (exact) mass is 284 g/mol. The van der Waals surface area contributed by atoms with Crippen molar-refractivity contribution in [3.63, 3.8) is 0 Å². The van der Waals surface area contributed by atoms with Gasteiger partial charge in [-0.15, -0.1) is 0 Å². The Morgan fingerprint density at radius 2 is 1.06 bits per heavy atom. The van der Waals surface area contributed by atoms with E-state index in [2.05, 4.69) is 0 Å². The zero-order valence-electron chi connectivity index (χ0n) is 9.53. The van der Waals surface area contributed by atoms with Crippen molar-refractivity contribution < 1.29 is 0 Å². The van der Waals surface area contributed by atoms with Crippen molar-refractivity contribution >= 4 is 23.2 Å². The predicted molar refractivity (Wildman–Crippen MR) is 75.4 cm³/mol. The second kappa shape index (κ2) is 4.35. The van der Waals surface area contributed by atoms with Crippen LogP contribution in [0.15, 0.2) is 57.7 Å². The fraction of sp³-hybridized carbons (Fsp3) is 0.167. The Morgan fingerprint density at radius 3 is 1.33 bits per heavy atom. The van der Waals surface area contributed by atoms with E-state index in [4.69, 9.17) is 46.1 Å². The fourth-order valence-electron chi connectivity index (χ4n) is 1.59. The van der Waals surface area contributed by atoms with Crippen LogP contribution in [0.4, 0.5) is 0 Å². The van der Waals surface area contributed by atoms with Crippen LogP contribution in [-0.4, -0.2) is 11.3 Å². The van der Waals surface area contributed by atoms with E-state index in [0.29, 0.717) is 10.1 Å². The summed E-state index contributed by atoms with van der Waals surface area (Å²) in [6.07, 6.45) is 10.2. The van der Waals surface area contributed by atoms with Crippen LogP contribution >= 0.6 is 23.2 Å². The summed E-state index contributed by atoms with van der Waals surface area (Å²) in [4.78, 5) is 0. The summed E-state index contributed by atoms with van der Waals surface area (Å²) in [5.41, 5.74) is 22.5. The molecule has 8 N–H and O–H groups in total. The maximum atomic E-state index is 6.01. The normalized spacial score (nSPS) is 29.0. The molecule has 2 rings (SSSR count). The third kappa shape index (κ3) is 2.44. The molecule has 0 aromatic carbocycles. The average Bonchev–Trinajstić information content (AvgIpc) is 2.26. The van der Waals surface area contributed by atoms with Crippen molar-refractivity contribution in [2.75, 3.05) is 0 Å². The molecule has 0 aliphatic heterocycles. The predicted octanol–water partition coefficient (Wildman–Crippen LogP) is 0.895. The minimum absolute atomic E-state index is 0.350. The van der Waals surface area contributed by atoms with Crippen molar-refractivity contribution in [1.82, 2.24) is 0 Å². The molecule has 0 spiro atoms. The zero-order valence-corrected chi connectivity index (χ0v) is 11.0. The lowest BCUT2D eigenvalue weighted by Crippen LogP contribution is -2.49. The summed E-state index contributed by atoms with van der Waals surface area (Å²) < 4.78 is 0. The number of hydrogen-bond acceptors (Lipinski definition) is 4. The molecule has 6 heteroatoms. The van der Waals surface area contributed by atoms with Crippen molar-refractivity contribution in [3.8, 4) is 0 Å². The van der Waals surface area contributed by atoms with Crippen molar-refractivity contribution in [1.29, 1.82) is 0 Å². The quantitative estimate of drug-likeness (QED) is 0.496. The standard InChI is InChI=1S/C12H14Cl2N4/c13-9-5-7(1-3-11(9,15)16)8-2-4-12(17,18)10(14)6-8/h1-6H,15-18H2. The number of nitrogens with two attached hydrogens (primary N) is 4. The van der Waals surface area contributed by atoms with Gasteiger partial charge in [-0.25, -0.2) is 0 Å². The first-order valence-electron chi connectivity index (χ1n) is 5.26. The molecule has 96 valence electrons. The Bertz CT molecular complexity index is 488. The number of allylic oxidation sites excluding steroid dienone is 6. The molecular formula is C12H14Cl2N4. The number of hydrogen-bond donors (Lipinski definition) is 4. The van der Waals surface area contributed by atoms with Crippen molar-refractivity contribution in [2.24, 2.45) is 22.9 Å². The van der Waals surface area contributed by atoms with Gasteiger partial charge in [-0.05, 0) is 35.5 Å². The van der Waals surface area contributed by atoms with Gasteiger partial charge in [-0.1, -0.05) is 35.4 Å². The van der Waals surface area contributed by atoms with E-state index in [9.17, 15) is 0 Å². The molecule has 0 amide bonds. The lowest BCUT2D eigenvalue weighted by atomic mass is 9.93. The first kappa shape index (κ1) is 13.5. The molecule has 0 unspecified atom stereocenters. The second-order valence-corrected chi connectivity index (χ2v) is 5.24. The van der Waals surface area contributed by atoms with Gasteiger partial charge in [0.2, 0.25) is 0 Å². The van der Waals surface area contributed by atoms with E-state index in [0.717, 1.165) is 11.1 Å². The highest BCUT2D eigenvalue weighted by molar-refractivity contribution is 6.32. The van der Waals surface area contributed by atoms with E-state index >= 15 is 0 Å². The molecule has 18 heavy (non-hydrogen) atoms. The summed E-state index contributed by atoms with van der Waals surface area (Å²) in [5.74, 6) is 0. The van der Waals surface area contributed by atoms with Crippen LogP contribution in [0.1, 0.15) is 0 Å². The highest BCUT2D eigenvalue weighted by Crippen LogP contribution is 2.30. The van der Waals surface area contributed by atoms with Crippen LogP contribution < -0.4 is 22.9 Å². The molecular weight excluding hydrogens is 271 g/mol. The maximum absolute atomic E-state index is 6.01. The van der Waals surface area contributed by atoms with Crippen molar-refractivity contribution in [2.45, 2.75) is 11.3 Å². The highest BCUT2D eigenvalue weighted by atomic mass is 35.5. The minimum Gasteiger partial charge on any atom is -0.306 e. The summed E-state index contributed by atoms with van der Waals surface area (Å²) in [7, 11) is 0. The van der Waals surface area contributed by atoms with E-state index in [1.165, 1.54) is 0 Å². The van der Waals surface area contributed by atoms with Gasteiger partial charge in [0, 0.05) is 0 Å². The smallest absolute Gasteiger partial charge is 0.120 e. The van der Waals surface area contributed by atoms with Crippen LogP contribution in [0.25, 0.3) is 0 Å². The Morgan fingerprint density at radius 1 is 0.722 bits per heavy atom. The molecule has 0 radical (unpaired) electrons. The first-order chi connectivity index (χ1) is 8.22. The van der Waals surface area contributed by atoms with Gasteiger partial charge in [-0.3, -0.25) is 0 Å². The van der Waals surface area contributed by atoms with Gasteiger partial charge in [0.25, 0.3) is 0 Å². The summed E-state index contributed by atoms with van der Waals surface area (Å²) in [6, 6.07) is 0. The van der Waals surface area contributed by atoms with Crippen LogP contribution in [0.5, 0.6) is 0 Å². The zero-order chi connectivity index (χ0) is 13.6. The first-order valence-corrected chi connectivity index (χ1v) is 6.01. The summed E-state index contributed by atoms with van der Waals surface area (Å²) in [6.45, 7) is 0. The molecule has 0 atom stereocenters. The van der Waals surface area contributed by atoms with Crippen molar-refractivity contribution in [3.05, 3.63) is 57.7 Å². The van der Waals surface area contributed by atoms with Gasteiger partial charge < -0.3 is 22.9 Å².